The molecule has 0 saturated carbocycles. The maximum absolute atomic E-state index is 12.5. The van der Waals surface area contributed by atoms with Gasteiger partial charge in [-0.3, -0.25) is 14.8 Å². The van der Waals surface area contributed by atoms with E-state index in [-0.39, 0.29) is 11.3 Å². The highest BCUT2D eigenvalue weighted by Gasteiger charge is 2.42. The van der Waals surface area contributed by atoms with Gasteiger partial charge in [0.1, 0.15) is 0 Å². The van der Waals surface area contributed by atoms with Crippen LogP contribution < -0.4 is 4.90 Å². The molecule has 0 radical (unpaired) electrons. The number of amides is 1. The highest BCUT2D eigenvalue weighted by molar-refractivity contribution is 5.77. The number of hydrogen-bond acceptors (Lipinski definition) is 4. The molecule has 1 atom stereocenters. The molecule has 0 bridgehead atoms. The van der Waals surface area contributed by atoms with Crippen LogP contribution in [0.4, 0.5) is 5.69 Å². The summed E-state index contributed by atoms with van der Waals surface area (Å²) in [6.45, 7) is 5.69. The first kappa shape index (κ1) is 17.0. The molecule has 1 amide bonds. The van der Waals surface area contributed by atoms with Gasteiger partial charge in [0.15, 0.2) is 0 Å². The van der Waals surface area contributed by atoms with E-state index in [1.807, 2.05) is 35.5 Å². The van der Waals surface area contributed by atoms with Crippen LogP contribution in [0.15, 0.2) is 42.9 Å². The molecule has 2 aliphatic heterocycles. The van der Waals surface area contributed by atoms with E-state index in [1.54, 1.807) is 6.20 Å². The molecular formula is C21H26N4O. The van der Waals surface area contributed by atoms with Gasteiger partial charge >= 0.3 is 0 Å². The van der Waals surface area contributed by atoms with Crippen molar-refractivity contribution in [3.05, 3.63) is 54.1 Å². The van der Waals surface area contributed by atoms with Gasteiger partial charge in [0.2, 0.25) is 5.91 Å². The third kappa shape index (κ3) is 3.43. The summed E-state index contributed by atoms with van der Waals surface area (Å²) in [6.07, 6.45) is 9.62. The van der Waals surface area contributed by atoms with Gasteiger partial charge in [-0.25, -0.2) is 0 Å². The second-order valence-electron chi connectivity index (χ2n) is 7.76. The Morgan fingerprint density at radius 1 is 1.15 bits per heavy atom. The number of carbonyl (C=O) groups excluding carboxylic acids is 1. The zero-order valence-corrected chi connectivity index (χ0v) is 15.4. The van der Waals surface area contributed by atoms with Gasteiger partial charge in [-0.05, 0) is 49.9 Å². The summed E-state index contributed by atoms with van der Waals surface area (Å²) in [5, 5.41) is 0. The van der Waals surface area contributed by atoms with Crippen molar-refractivity contribution in [2.24, 2.45) is 5.41 Å². The van der Waals surface area contributed by atoms with Crippen LogP contribution >= 0.6 is 0 Å². The lowest BCUT2D eigenvalue weighted by atomic mass is 9.73. The van der Waals surface area contributed by atoms with E-state index in [0.29, 0.717) is 13.0 Å². The Bertz CT molecular complexity index is 779. The number of carbonyl (C=O) groups is 1. The molecule has 2 saturated heterocycles. The molecule has 2 fully saturated rings. The van der Waals surface area contributed by atoms with Crippen molar-refractivity contribution in [2.45, 2.75) is 39.2 Å². The largest absolute Gasteiger partial charge is 0.371 e. The second-order valence-corrected chi connectivity index (χ2v) is 7.76. The fourth-order valence-electron chi connectivity index (χ4n) is 4.50. The smallest absolute Gasteiger partial charge is 0.222 e. The number of pyridine rings is 2. The number of piperidine rings is 2. The predicted molar refractivity (Wildman–Crippen MR) is 102 cm³/mol. The summed E-state index contributed by atoms with van der Waals surface area (Å²) >= 11 is 0. The van der Waals surface area contributed by atoms with Crippen molar-refractivity contribution in [1.82, 2.24) is 14.9 Å². The molecule has 136 valence electrons. The van der Waals surface area contributed by atoms with Gasteiger partial charge in [0.05, 0.1) is 12.2 Å². The summed E-state index contributed by atoms with van der Waals surface area (Å²) in [5.41, 5.74) is 3.67. The van der Waals surface area contributed by atoms with Gasteiger partial charge in [0, 0.05) is 55.7 Å². The lowest BCUT2D eigenvalue weighted by Crippen LogP contribution is -2.54. The number of hydrogen-bond donors (Lipinski definition) is 0. The molecule has 26 heavy (non-hydrogen) atoms. The summed E-state index contributed by atoms with van der Waals surface area (Å²) in [5.74, 6) is 0.262. The van der Waals surface area contributed by atoms with Crippen LogP contribution in [0.3, 0.4) is 0 Å². The number of nitrogens with zero attached hydrogens (tertiary/aromatic N) is 4. The van der Waals surface area contributed by atoms with Crippen LogP contribution in [-0.2, 0) is 11.3 Å². The van der Waals surface area contributed by atoms with Gasteiger partial charge in [-0.1, -0.05) is 6.07 Å². The monoisotopic (exact) mass is 350 g/mol. The SMILES string of the molecule is Cc1cnccc1N1CCCC2(CCC(=O)N(Cc3ccccn3)C2)C1. The van der Waals surface area contributed by atoms with Crippen LogP contribution in [0, 0.1) is 12.3 Å². The van der Waals surface area contributed by atoms with Crippen molar-refractivity contribution >= 4 is 11.6 Å². The normalized spacial score (nSPS) is 23.5. The maximum Gasteiger partial charge on any atom is 0.222 e. The minimum Gasteiger partial charge on any atom is -0.371 e. The second kappa shape index (κ2) is 7.06. The van der Waals surface area contributed by atoms with E-state index in [9.17, 15) is 4.79 Å². The van der Waals surface area contributed by atoms with Crippen molar-refractivity contribution in [3.8, 4) is 0 Å². The minimum atomic E-state index is 0.191. The quantitative estimate of drug-likeness (QED) is 0.853. The van der Waals surface area contributed by atoms with Gasteiger partial charge in [-0.2, -0.15) is 0 Å². The van der Waals surface area contributed by atoms with E-state index < -0.39 is 0 Å². The molecule has 1 unspecified atom stereocenters. The van der Waals surface area contributed by atoms with Crippen molar-refractivity contribution in [3.63, 3.8) is 0 Å². The third-order valence-electron chi connectivity index (χ3n) is 5.82. The molecule has 4 rings (SSSR count). The zero-order chi connectivity index (χ0) is 18.0. The number of rotatable bonds is 3. The average molecular weight is 350 g/mol. The average Bonchev–Trinajstić information content (AvgIpc) is 2.66. The molecular weight excluding hydrogens is 324 g/mol. The van der Waals surface area contributed by atoms with E-state index in [0.717, 1.165) is 31.7 Å². The Morgan fingerprint density at radius 3 is 2.88 bits per heavy atom. The van der Waals surface area contributed by atoms with Crippen LogP contribution in [-0.4, -0.2) is 40.4 Å². The molecule has 5 heteroatoms. The molecule has 2 aromatic heterocycles. The molecule has 0 N–H and O–H groups in total. The number of aryl methyl sites for hydroxylation is 1. The first-order valence-electron chi connectivity index (χ1n) is 9.49. The number of likely N-dealkylation sites (tertiary alicyclic amines) is 1. The summed E-state index contributed by atoms with van der Waals surface area (Å²) in [6, 6.07) is 8.02. The number of anilines is 1. The van der Waals surface area contributed by atoms with Gasteiger partial charge < -0.3 is 9.80 Å². The van der Waals surface area contributed by atoms with Crippen LogP contribution in [0.5, 0.6) is 0 Å². The van der Waals surface area contributed by atoms with Gasteiger partial charge in [0.25, 0.3) is 0 Å². The van der Waals surface area contributed by atoms with Crippen LogP contribution in [0.2, 0.25) is 0 Å². The summed E-state index contributed by atoms with van der Waals surface area (Å²) < 4.78 is 0. The maximum atomic E-state index is 12.5. The molecule has 2 aromatic rings. The first-order chi connectivity index (χ1) is 12.7. The van der Waals surface area contributed by atoms with Crippen LogP contribution in [0.1, 0.15) is 36.9 Å². The van der Waals surface area contributed by atoms with Gasteiger partial charge in [-0.15, -0.1) is 0 Å². The van der Waals surface area contributed by atoms with E-state index in [2.05, 4.69) is 27.9 Å². The van der Waals surface area contributed by atoms with Crippen LogP contribution in [0.25, 0.3) is 0 Å². The highest BCUT2D eigenvalue weighted by atomic mass is 16.2. The van der Waals surface area contributed by atoms with E-state index in [4.69, 9.17) is 0 Å². The Hall–Kier alpha value is -2.43. The van der Waals surface area contributed by atoms with Crippen molar-refractivity contribution in [1.29, 1.82) is 0 Å². The fraction of sp³-hybridized carbons (Fsp3) is 0.476. The molecule has 5 nitrogen and oxygen atoms in total. The lowest BCUT2D eigenvalue weighted by molar-refractivity contribution is -0.138. The standard InChI is InChI=1S/C21H26N4O/c1-17-13-22-11-7-19(17)24-12-4-8-21(15-24)9-6-20(26)25(16-21)14-18-5-2-3-10-23-18/h2-3,5,7,10-11,13H,4,6,8-9,12,14-16H2,1H3. The fourth-order valence-corrected chi connectivity index (χ4v) is 4.50. The van der Waals surface area contributed by atoms with E-state index in [1.165, 1.54) is 24.1 Å². The first-order valence-corrected chi connectivity index (χ1v) is 9.49. The van der Waals surface area contributed by atoms with Crippen molar-refractivity contribution in [2.75, 3.05) is 24.5 Å². The third-order valence-corrected chi connectivity index (χ3v) is 5.82. The Balaban J connectivity index is 1.52. The zero-order valence-electron chi connectivity index (χ0n) is 15.4. The highest BCUT2D eigenvalue weighted by Crippen LogP contribution is 2.40. The predicted octanol–water partition coefficient (Wildman–Crippen LogP) is 3.19. The van der Waals surface area contributed by atoms with Crippen molar-refractivity contribution < 1.29 is 4.79 Å². The topological polar surface area (TPSA) is 49.3 Å². The Kier molecular flexibility index (Phi) is 4.62. The molecule has 4 heterocycles. The molecule has 0 aromatic carbocycles. The Morgan fingerprint density at radius 2 is 2.08 bits per heavy atom. The molecule has 2 aliphatic rings. The number of aromatic nitrogens is 2. The lowest BCUT2D eigenvalue weighted by Gasteiger charge is -2.49. The Labute approximate surface area is 155 Å². The molecule has 0 aliphatic carbocycles. The molecule has 1 spiro atoms. The van der Waals surface area contributed by atoms with E-state index >= 15 is 0 Å². The summed E-state index contributed by atoms with van der Waals surface area (Å²) in [7, 11) is 0. The minimum absolute atomic E-state index is 0.191. The summed E-state index contributed by atoms with van der Waals surface area (Å²) in [4.78, 5) is 25.7.